The van der Waals surface area contributed by atoms with Crippen LogP contribution in [-0.4, -0.2) is 46.6 Å². The lowest BCUT2D eigenvalue weighted by Crippen LogP contribution is -2.49. The number of hydrogen-bond acceptors (Lipinski definition) is 6. The Morgan fingerprint density at radius 3 is 2.79 bits per heavy atom. The molecule has 0 bridgehead atoms. The highest BCUT2D eigenvalue weighted by molar-refractivity contribution is 7.90. The highest BCUT2D eigenvalue weighted by Crippen LogP contribution is 2.21. The van der Waals surface area contributed by atoms with Gasteiger partial charge in [-0.2, -0.15) is 12.7 Å². The van der Waals surface area contributed by atoms with Crippen LogP contribution in [0.4, 0.5) is 6.01 Å². The highest BCUT2D eigenvalue weighted by Gasteiger charge is 2.37. The molecule has 0 saturated carbocycles. The van der Waals surface area contributed by atoms with Crippen LogP contribution in [0.3, 0.4) is 0 Å². The molecule has 1 aromatic heterocycles. The summed E-state index contributed by atoms with van der Waals surface area (Å²) < 4.78 is 32.1. The Bertz CT molecular complexity index is 569. The molecule has 2 rings (SSSR count). The molecule has 1 unspecified atom stereocenters. The zero-order valence-electron chi connectivity index (χ0n) is 10.2. The van der Waals surface area contributed by atoms with Crippen molar-refractivity contribution in [3.05, 3.63) is 5.89 Å². The van der Waals surface area contributed by atoms with E-state index in [2.05, 4.69) is 14.9 Å². The number of carboxylic acids is 1. The number of aliphatic carboxylic acids is 1. The van der Waals surface area contributed by atoms with Gasteiger partial charge in [-0.3, -0.25) is 4.79 Å². The maximum atomic E-state index is 12.1. The summed E-state index contributed by atoms with van der Waals surface area (Å²) in [5.74, 6) is -0.946. The van der Waals surface area contributed by atoms with E-state index in [4.69, 9.17) is 9.52 Å². The molecule has 1 saturated heterocycles. The van der Waals surface area contributed by atoms with Gasteiger partial charge in [0, 0.05) is 13.5 Å². The Kier molecular flexibility index (Phi) is 3.71. The fraction of sp³-hybridized carbons (Fsp3) is 0.667. The van der Waals surface area contributed by atoms with Crippen molar-refractivity contribution in [3.63, 3.8) is 0 Å². The molecule has 2 heterocycles. The van der Waals surface area contributed by atoms with E-state index in [9.17, 15) is 13.2 Å². The number of carboxylic acid groups (broad SMARTS) is 1. The van der Waals surface area contributed by atoms with Crippen molar-refractivity contribution in [1.29, 1.82) is 0 Å². The van der Waals surface area contributed by atoms with E-state index >= 15 is 0 Å². The first kappa shape index (κ1) is 13.7. The molecule has 0 radical (unpaired) electrons. The molecule has 0 aromatic carbocycles. The highest BCUT2D eigenvalue weighted by atomic mass is 32.2. The van der Waals surface area contributed by atoms with E-state index in [0.717, 1.165) is 4.31 Å². The first-order chi connectivity index (χ1) is 8.90. The standard InChI is InChI=1S/C9H14N4O5S/c1-6-10-11-9(18-6)12-19(16,17)13-5-3-2-4-7(13)8(14)15/h7H,2-5H2,1H3,(H,11,12)(H,14,15). The summed E-state index contributed by atoms with van der Waals surface area (Å²) in [6.45, 7) is 1.67. The number of nitrogens with zero attached hydrogens (tertiary/aromatic N) is 3. The maximum Gasteiger partial charge on any atom is 0.330 e. The molecular formula is C9H14N4O5S. The van der Waals surface area contributed by atoms with E-state index in [1.165, 1.54) is 6.92 Å². The number of hydrogen-bond donors (Lipinski definition) is 2. The van der Waals surface area contributed by atoms with Crippen molar-refractivity contribution >= 4 is 22.2 Å². The predicted octanol–water partition coefficient (Wildman–Crippen LogP) is -0.0262. The Morgan fingerprint density at radius 1 is 1.47 bits per heavy atom. The van der Waals surface area contributed by atoms with Crippen LogP contribution < -0.4 is 4.72 Å². The number of carbonyl (C=O) groups is 1. The van der Waals surface area contributed by atoms with Gasteiger partial charge in [0.1, 0.15) is 6.04 Å². The van der Waals surface area contributed by atoms with Crippen LogP contribution in [-0.2, 0) is 15.0 Å². The van der Waals surface area contributed by atoms with E-state index in [0.29, 0.717) is 19.3 Å². The van der Waals surface area contributed by atoms with Crippen LogP contribution in [0.2, 0.25) is 0 Å². The number of aryl methyl sites for hydroxylation is 1. The van der Waals surface area contributed by atoms with E-state index < -0.39 is 22.2 Å². The molecule has 1 aromatic rings. The summed E-state index contributed by atoms with van der Waals surface area (Å²) in [4.78, 5) is 11.1. The Balaban J connectivity index is 2.19. The van der Waals surface area contributed by atoms with Crippen LogP contribution in [0.15, 0.2) is 4.42 Å². The topological polar surface area (TPSA) is 126 Å². The fourth-order valence-electron chi connectivity index (χ4n) is 1.95. The first-order valence-electron chi connectivity index (χ1n) is 5.72. The molecule has 2 N–H and O–H groups in total. The van der Waals surface area contributed by atoms with E-state index in [1.807, 2.05) is 0 Å². The van der Waals surface area contributed by atoms with Crippen molar-refractivity contribution in [3.8, 4) is 0 Å². The van der Waals surface area contributed by atoms with Gasteiger partial charge >= 0.3 is 22.2 Å². The average Bonchev–Trinajstić information content (AvgIpc) is 2.74. The van der Waals surface area contributed by atoms with Crippen molar-refractivity contribution in [1.82, 2.24) is 14.5 Å². The minimum atomic E-state index is -4.01. The van der Waals surface area contributed by atoms with Gasteiger partial charge < -0.3 is 9.52 Å². The first-order valence-corrected chi connectivity index (χ1v) is 7.16. The van der Waals surface area contributed by atoms with Gasteiger partial charge in [-0.1, -0.05) is 5.10 Å². The SMILES string of the molecule is Cc1nnc(NS(=O)(=O)N2CCCCC2C(=O)O)o1. The van der Waals surface area contributed by atoms with Gasteiger partial charge in [-0.05, 0) is 19.3 Å². The van der Waals surface area contributed by atoms with Gasteiger partial charge in [0.15, 0.2) is 0 Å². The Labute approximate surface area is 109 Å². The molecule has 10 heteroatoms. The zero-order valence-corrected chi connectivity index (χ0v) is 11.1. The van der Waals surface area contributed by atoms with Crippen LogP contribution in [0.25, 0.3) is 0 Å². The predicted molar refractivity (Wildman–Crippen MR) is 63.6 cm³/mol. The molecule has 0 aliphatic carbocycles. The van der Waals surface area contributed by atoms with E-state index in [1.54, 1.807) is 0 Å². The van der Waals surface area contributed by atoms with Crippen LogP contribution >= 0.6 is 0 Å². The van der Waals surface area contributed by atoms with Crippen LogP contribution in [0.1, 0.15) is 25.2 Å². The molecule has 1 aliphatic heterocycles. The minimum Gasteiger partial charge on any atom is -0.480 e. The lowest BCUT2D eigenvalue weighted by molar-refractivity contribution is -0.142. The summed E-state index contributed by atoms with van der Waals surface area (Å²) in [5, 5.41) is 16.1. The Hall–Kier alpha value is -1.68. The molecule has 106 valence electrons. The maximum absolute atomic E-state index is 12.1. The molecular weight excluding hydrogens is 276 g/mol. The third-order valence-corrected chi connectivity index (χ3v) is 4.28. The average molecular weight is 290 g/mol. The van der Waals surface area contributed by atoms with Gasteiger partial charge in [0.05, 0.1) is 0 Å². The molecule has 1 fully saturated rings. The zero-order chi connectivity index (χ0) is 14.0. The number of aromatic nitrogens is 2. The monoisotopic (exact) mass is 290 g/mol. The van der Waals surface area contributed by atoms with Gasteiger partial charge in [-0.15, -0.1) is 5.10 Å². The Morgan fingerprint density at radius 2 is 2.21 bits per heavy atom. The summed E-state index contributed by atoms with van der Waals surface area (Å²) in [5.41, 5.74) is 0. The molecule has 0 amide bonds. The summed E-state index contributed by atoms with van der Waals surface area (Å²) in [6, 6.07) is -1.33. The van der Waals surface area contributed by atoms with Crippen molar-refractivity contribution in [2.45, 2.75) is 32.2 Å². The summed E-state index contributed by atoms with van der Waals surface area (Å²) in [7, 11) is -4.01. The second-order valence-electron chi connectivity index (χ2n) is 4.19. The van der Waals surface area contributed by atoms with Crippen LogP contribution in [0, 0.1) is 6.92 Å². The number of nitrogens with one attached hydrogen (secondary N) is 1. The third-order valence-electron chi connectivity index (χ3n) is 2.79. The summed E-state index contributed by atoms with van der Waals surface area (Å²) in [6.07, 6.45) is 1.59. The smallest absolute Gasteiger partial charge is 0.330 e. The van der Waals surface area contributed by atoms with Crippen molar-refractivity contribution < 1.29 is 22.7 Å². The van der Waals surface area contributed by atoms with Crippen molar-refractivity contribution in [2.24, 2.45) is 0 Å². The molecule has 1 aliphatic rings. The second-order valence-corrected chi connectivity index (χ2v) is 5.82. The van der Waals surface area contributed by atoms with Crippen molar-refractivity contribution in [2.75, 3.05) is 11.3 Å². The minimum absolute atomic E-state index is 0.152. The lowest BCUT2D eigenvalue weighted by Gasteiger charge is -2.31. The second kappa shape index (κ2) is 5.13. The quantitative estimate of drug-likeness (QED) is 0.797. The third kappa shape index (κ3) is 3.01. The largest absolute Gasteiger partial charge is 0.480 e. The van der Waals surface area contributed by atoms with E-state index in [-0.39, 0.29) is 18.5 Å². The normalized spacial score (nSPS) is 21.2. The molecule has 19 heavy (non-hydrogen) atoms. The number of rotatable bonds is 4. The van der Waals surface area contributed by atoms with Gasteiger partial charge in [0.25, 0.3) is 0 Å². The van der Waals surface area contributed by atoms with Gasteiger partial charge in [-0.25, -0.2) is 4.72 Å². The lowest BCUT2D eigenvalue weighted by atomic mass is 10.1. The molecule has 9 nitrogen and oxygen atoms in total. The molecule has 1 atom stereocenters. The number of anilines is 1. The summed E-state index contributed by atoms with van der Waals surface area (Å²) >= 11 is 0. The number of piperidine rings is 1. The molecule has 0 spiro atoms. The van der Waals surface area contributed by atoms with Crippen LogP contribution in [0.5, 0.6) is 0 Å². The fourth-order valence-corrected chi connectivity index (χ4v) is 3.27. The van der Waals surface area contributed by atoms with Gasteiger partial charge in [0.2, 0.25) is 5.89 Å².